The second kappa shape index (κ2) is 8.36. The fraction of sp³-hybridized carbons (Fsp3) is 0.500. The molecule has 0 spiro atoms. The first-order valence-corrected chi connectivity index (χ1v) is 9.81. The Morgan fingerprint density at radius 1 is 1.11 bits per heavy atom. The Hall–Kier alpha value is -1.32. The highest BCUT2D eigenvalue weighted by molar-refractivity contribution is 7.12. The topological polar surface area (TPSA) is 99.4 Å². The highest BCUT2D eigenvalue weighted by Crippen LogP contribution is 2.39. The summed E-state index contributed by atoms with van der Waals surface area (Å²) in [7, 11) is 1.36. The average molecular weight is 394 g/mol. The third-order valence-corrected chi connectivity index (χ3v) is 6.26. The monoisotopic (exact) mass is 394 g/mol. The molecule has 5 atom stereocenters. The zero-order valence-electron chi connectivity index (χ0n) is 15.4. The van der Waals surface area contributed by atoms with Gasteiger partial charge in [-0.3, -0.25) is 0 Å². The van der Waals surface area contributed by atoms with Gasteiger partial charge in [-0.05, 0) is 30.2 Å². The summed E-state index contributed by atoms with van der Waals surface area (Å²) < 4.78 is 11.3. The van der Waals surface area contributed by atoms with Crippen molar-refractivity contribution in [1.82, 2.24) is 0 Å². The molecular weight excluding hydrogens is 368 g/mol. The normalized spacial score (nSPS) is 31.2. The van der Waals surface area contributed by atoms with E-state index in [2.05, 4.69) is 19.1 Å². The summed E-state index contributed by atoms with van der Waals surface area (Å²) in [6, 6.07) is 11.6. The van der Waals surface area contributed by atoms with Gasteiger partial charge in [0.05, 0.1) is 6.61 Å². The Balaban J connectivity index is 1.93. The van der Waals surface area contributed by atoms with Gasteiger partial charge in [0.1, 0.15) is 24.4 Å². The van der Waals surface area contributed by atoms with Crippen LogP contribution in [0.4, 0.5) is 0 Å². The summed E-state index contributed by atoms with van der Waals surface area (Å²) in [5.74, 6) is -1.67. The number of aliphatic hydroxyl groups is 4. The number of benzene rings is 1. The molecule has 1 unspecified atom stereocenters. The number of hydrogen-bond donors (Lipinski definition) is 4. The van der Waals surface area contributed by atoms with E-state index in [9.17, 15) is 20.4 Å². The van der Waals surface area contributed by atoms with Crippen molar-refractivity contribution in [3.63, 3.8) is 0 Å². The lowest BCUT2D eigenvalue weighted by molar-refractivity contribution is -0.366. The lowest BCUT2D eigenvalue weighted by Gasteiger charge is -2.47. The third kappa shape index (κ3) is 3.82. The molecule has 1 aromatic heterocycles. The minimum atomic E-state index is -1.67. The van der Waals surface area contributed by atoms with Crippen LogP contribution >= 0.6 is 11.3 Å². The smallest absolute Gasteiger partial charge is 0.224 e. The number of aliphatic hydroxyl groups excluding tert-OH is 4. The van der Waals surface area contributed by atoms with Gasteiger partial charge >= 0.3 is 0 Å². The fourth-order valence-electron chi connectivity index (χ4n) is 3.47. The molecule has 1 fully saturated rings. The van der Waals surface area contributed by atoms with Gasteiger partial charge in [0.25, 0.3) is 0 Å². The van der Waals surface area contributed by atoms with Crippen molar-refractivity contribution in [3.05, 3.63) is 57.3 Å². The molecule has 148 valence electrons. The molecule has 1 aromatic carbocycles. The van der Waals surface area contributed by atoms with Gasteiger partial charge in [-0.25, -0.2) is 0 Å². The molecule has 1 saturated heterocycles. The largest absolute Gasteiger partial charge is 0.394 e. The second-order valence-corrected chi connectivity index (χ2v) is 7.99. The van der Waals surface area contributed by atoms with Crippen LogP contribution in [0.1, 0.15) is 27.8 Å². The zero-order valence-corrected chi connectivity index (χ0v) is 16.2. The first-order chi connectivity index (χ1) is 12.9. The van der Waals surface area contributed by atoms with E-state index in [4.69, 9.17) is 9.47 Å². The average Bonchev–Trinajstić information content (AvgIpc) is 3.14. The molecule has 0 saturated carbocycles. The van der Waals surface area contributed by atoms with Crippen LogP contribution in [0.25, 0.3) is 0 Å². The van der Waals surface area contributed by atoms with Gasteiger partial charge in [0.2, 0.25) is 5.79 Å². The Morgan fingerprint density at radius 2 is 1.85 bits per heavy atom. The molecule has 0 radical (unpaired) electrons. The molecule has 27 heavy (non-hydrogen) atoms. The van der Waals surface area contributed by atoms with Crippen LogP contribution in [0, 0.1) is 0 Å². The number of thiophene rings is 1. The quantitative estimate of drug-likeness (QED) is 0.587. The van der Waals surface area contributed by atoms with Gasteiger partial charge < -0.3 is 29.9 Å². The highest BCUT2D eigenvalue weighted by Gasteiger charge is 2.55. The van der Waals surface area contributed by atoms with E-state index >= 15 is 0 Å². The molecule has 1 aliphatic rings. The Labute approximate surface area is 162 Å². The Morgan fingerprint density at radius 3 is 2.48 bits per heavy atom. The van der Waals surface area contributed by atoms with E-state index in [1.54, 1.807) is 17.4 Å². The van der Waals surface area contributed by atoms with E-state index in [-0.39, 0.29) is 0 Å². The first-order valence-electron chi connectivity index (χ1n) is 9.00. The first kappa shape index (κ1) is 20.4. The van der Waals surface area contributed by atoms with Crippen LogP contribution in [0.15, 0.2) is 36.4 Å². The van der Waals surface area contributed by atoms with Crippen molar-refractivity contribution in [2.45, 2.75) is 50.0 Å². The Bertz CT molecular complexity index is 760. The molecule has 7 heteroatoms. The van der Waals surface area contributed by atoms with Crippen molar-refractivity contribution < 1.29 is 29.9 Å². The molecule has 0 aliphatic carbocycles. The summed E-state index contributed by atoms with van der Waals surface area (Å²) in [6.45, 7) is 1.61. The molecule has 6 nitrogen and oxygen atoms in total. The zero-order chi connectivity index (χ0) is 19.6. The fourth-order valence-corrected chi connectivity index (χ4v) is 4.47. The van der Waals surface area contributed by atoms with Crippen molar-refractivity contribution in [3.8, 4) is 0 Å². The second-order valence-electron chi connectivity index (χ2n) is 6.74. The van der Waals surface area contributed by atoms with Crippen molar-refractivity contribution in [2.75, 3.05) is 13.7 Å². The van der Waals surface area contributed by atoms with E-state index < -0.39 is 36.8 Å². The van der Waals surface area contributed by atoms with Crippen LogP contribution < -0.4 is 0 Å². The van der Waals surface area contributed by atoms with Gasteiger partial charge in [0, 0.05) is 28.8 Å². The third-order valence-electron chi connectivity index (χ3n) is 5.03. The maximum absolute atomic E-state index is 10.6. The molecule has 4 N–H and O–H groups in total. The predicted octanol–water partition coefficient (Wildman–Crippen LogP) is 1.17. The van der Waals surface area contributed by atoms with Gasteiger partial charge in [-0.1, -0.05) is 25.1 Å². The summed E-state index contributed by atoms with van der Waals surface area (Å²) in [5, 5.41) is 40.3. The van der Waals surface area contributed by atoms with Crippen LogP contribution in [-0.2, 0) is 28.1 Å². The molecular formula is C20H26O6S. The van der Waals surface area contributed by atoms with Crippen molar-refractivity contribution in [1.29, 1.82) is 0 Å². The number of hydrogen-bond acceptors (Lipinski definition) is 7. The number of ether oxygens (including phenoxy) is 2. The highest BCUT2D eigenvalue weighted by atomic mass is 32.1. The van der Waals surface area contributed by atoms with E-state index in [0.717, 1.165) is 18.4 Å². The number of methoxy groups -OCH3 is 1. The number of rotatable bonds is 6. The van der Waals surface area contributed by atoms with E-state index in [1.807, 2.05) is 18.2 Å². The molecule has 0 amide bonds. The van der Waals surface area contributed by atoms with Crippen LogP contribution in [-0.4, -0.2) is 58.6 Å². The van der Waals surface area contributed by atoms with Crippen LogP contribution in [0.5, 0.6) is 0 Å². The maximum atomic E-state index is 10.6. The Kier molecular flexibility index (Phi) is 6.32. The minimum Gasteiger partial charge on any atom is -0.394 e. The summed E-state index contributed by atoms with van der Waals surface area (Å²) >= 11 is 1.76. The summed E-state index contributed by atoms with van der Waals surface area (Å²) in [6.07, 6.45) is -3.78. The minimum absolute atomic E-state index is 0.509. The maximum Gasteiger partial charge on any atom is 0.224 e. The molecule has 0 bridgehead atoms. The number of aryl methyl sites for hydroxylation is 1. The SMILES string of the molecule is CCc1ccc(Cc2cccc(C3(OC)O[C@H](CO)[C@@H](O)[C@H](O)[C@H]3O)c2)s1. The lowest BCUT2D eigenvalue weighted by atomic mass is 9.87. The summed E-state index contributed by atoms with van der Waals surface area (Å²) in [4.78, 5) is 2.55. The summed E-state index contributed by atoms with van der Waals surface area (Å²) in [5.41, 5.74) is 1.53. The molecule has 2 aromatic rings. The standard InChI is InChI=1S/C20H26O6S/c1-3-14-7-8-15(27-14)10-12-5-4-6-13(9-12)20(25-2)19(24)18(23)17(22)16(11-21)26-20/h4-9,16-19,21-24H,3,10-11H2,1-2H3/t16-,17-,18+,19-,20?/m1/s1. The van der Waals surface area contributed by atoms with Gasteiger partial charge in [0.15, 0.2) is 0 Å². The van der Waals surface area contributed by atoms with E-state index in [1.165, 1.54) is 16.9 Å². The van der Waals surface area contributed by atoms with Crippen LogP contribution in [0.2, 0.25) is 0 Å². The molecule has 2 heterocycles. The van der Waals surface area contributed by atoms with Gasteiger partial charge in [-0.15, -0.1) is 11.3 Å². The lowest BCUT2D eigenvalue weighted by Crippen LogP contribution is -2.64. The van der Waals surface area contributed by atoms with E-state index in [0.29, 0.717) is 5.56 Å². The predicted molar refractivity (Wildman–Crippen MR) is 102 cm³/mol. The van der Waals surface area contributed by atoms with Gasteiger partial charge in [-0.2, -0.15) is 0 Å². The van der Waals surface area contributed by atoms with Crippen molar-refractivity contribution in [2.24, 2.45) is 0 Å². The molecule has 1 aliphatic heterocycles. The van der Waals surface area contributed by atoms with Crippen LogP contribution in [0.3, 0.4) is 0 Å². The molecule has 3 rings (SSSR count). The van der Waals surface area contributed by atoms with Crippen molar-refractivity contribution >= 4 is 11.3 Å².